The topological polar surface area (TPSA) is 202 Å². The van der Waals surface area contributed by atoms with Crippen molar-refractivity contribution in [3.8, 4) is 0 Å². The zero-order chi connectivity index (χ0) is 18.6. The molecule has 12 nitrogen and oxygen atoms in total. The van der Waals surface area contributed by atoms with E-state index in [0.717, 1.165) is 0 Å². The smallest absolute Gasteiger partial charge is 0.311 e. The van der Waals surface area contributed by atoms with Crippen LogP contribution in [0.5, 0.6) is 0 Å². The van der Waals surface area contributed by atoms with Crippen LogP contribution in [0, 0.1) is 23.7 Å². The van der Waals surface area contributed by atoms with Gasteiger partial charge in [0.25, 0.3) is 12.9 Å². The van der Waals surface area contributed by atoms with Crippen LogP contribution in [0.25, 0.3) is 0 Å². The summed E-state index contributed by atoms with van der Waals surface area (Å²) in [6, 6.07) is 0. The molecule has 0 spiro atoms. The fourth-order valence-electron chi connectivity index (χ4n) is 2.92. The summed E-state index contributed by atoms with van der Waals surface area (Å²) in [6.45, 7) is -0.554. The third-order valence-corrected chi connectivity index (χ3v) is 3.76. The molecule has 6 unspecified atom stereocenters. The summed E-state index contributed by atoms with van der Waals surface area (Å²) in [5, 5.41) is 36.9. The van der Waals surface area contributed by atoms with Crippen LogP contribution in [0.3, 0.4) is 0 Å². The number of rotatable bonds is 8. The standard InChI is InChI=1S/C12H12O12/c13-1-23-7-5(11(19)20)3(9(15)16)4(10(17)18)6(12(21)22)8(7)24-2-14/h1-8H,(H,15,16)(H,17,18)(H,19,20)(H,21,22). The van der Waals surface area contributed by atoms with Crippen molar-refractivity contribution >= 4 is 36.8 Å². The molecule has 0 aliphatic heterocycles. The van der Waals surface area contributed by atoms with E-state index in [4.69, 9.17) is 0 Å². The maximum atomic E-state index is 11.4. The van der Waals surface area contributed by atoms with Gasteiger partial charge in [-0.15, -0.1) is 0 Å². The molecular formula is C12H12O12. The van der Waals surface area contributed by atoms with Crippen molar-refractivity contribution in [3.63, 3.8) is 0 Å². The second-order valence-electron chi connectivity index (χ2n) is 4.85. The van der Waals surface area contributed by atoms with Gasteiger partial charge in [-0.05, 0) is 0 Å². The van der Waals surface area contributed by atoms with Crippen molar-refractivity contribution in [3.05, 3.63) is 0 Å². The second-order valence-corrected chi connectivity index (χ2v) is 4.85. The second kappa shape index (κ2) is 7.39. The van der Waals surface area contributed by atoms with Gasteiger partial charge in [0, 0.05) is 0 Å². The molecule has 0 bridgehead atoms. The summed E-state index contributed by atoms with van der Waals surface area (Å²) < 4.78 is 8.89. The summed E-state index contributed by atoms with van der Waals surface area (Å²) in [5.41, 5.74) is 0. The Morgan fingerprint density at radius 2 is 0.833 bits per heavy atom. The van der Waals surface area contributed by atoms with Gasteiger partial charge in [-0.2, -0.15) is 0 Å². The molecule has 1 saturated carbocycles. The van der Waals surface area contributed by atoms with E-state index in [9.17, 15) is 49.2 Å². The van der Waals surface area contributed by atoms with Crippen LogP contribution in [-0.4, -0.2) is 69.5 Å². The van der Waals surface area contributed by atoms with E-state index < -0.39 is 59.8 Å². The lowest BCUT2D eigenvalue weighted by Crippen LogP contribution is -2.62. The third-order valence-electron chi connectivity index (χ3n) is 3.76. The molecule has 1 rings (SSSR count). The minimum atomic E-state index is -2.24. The monoisotopic (exact) mass is 348 g/mol. The van der Waals surface area contributed by atoms with Gasteiger partial charge in [0.2, 0.25) is 0 Å². The molecule has 4 N–H and O–H groups in total. The third kappa shape index (κ3) is 3.26. The highest BCUT2D eigenvalue weighted by Crippen LogP contribution is 2.42. The lowest BCUT2D eigenvalue weighted by atomic mass is 9.63. The van der Waals surface area contributed by atoms with Crippen LogP contribution in [0.2, 0.25) is 0 Å². The molecule has 1 aliphatic rings. The average Bonchev–Trinajstić information content (AvgIpc) is 2.46. The summed E-state index contributed by atoms with van der Waals surface area (Å²) in [7, 11) is 0. The maximum Gasteiger partial charge on any atom is 0.311 e. The summed E-state index contributed by atoms with van der Waals surface area (Å²) in [6.07, 6.45) is -3.99. The number of ether oxygens (including phenoxy) is 2. The average molecular weight is 348 g/mol. The van der Waals surface area contributed by atoms with Crippen LogP contribution >= 0.6 is 0 Å². The van der Waals surface area contributed by atoms with E-state index in [0.29, 0.717) is 0 Å². The summed E-state index contributed by atoms with van der Waals surface area (Å²) >= 11 is 0. The van der Waals surface area contributed by atoms with Gasteiger partial charge in [0.05, 0.1) is 11.8 Å². The van der Waals surface area contributed by atoms with Gasteiger partial charge in [-0.3, -0.25) is 28.8 Å². The Labute approximate surface area is 132 Å². The first kappa shape index (κ1) is 18.9. The van der Waals surface area contributed by atoms with E-state index in [2.05, 4.69) is 9.47 Å². The lowest BCUT2D eigenvalue weighted by molar-refractivity contribution is -0.205. The van der Waals surface area contributed by atoms with E-state index in [1.165, 1.54) is 0 Å². The number of hydrogen-bond acceptors (Lipinski definition) is 8. The highest BCUT2D eigenvalue weighted by Gasteiger charge is 2.63. The van der Waals surface area contributed by atoms with Crippen LogP contribution in [-0.2, 0) is 38.2 Å². The molecule has 1 fully saturated rings. The molecular weight excluding hydrogens is 336 g/mol. The number of carbonyl (C=O) groups is 6. The first-order valence-electron chi connectivity index (χ1n) is 6.28. The van der Waals surface area contributed by atoms with Gasteiger partial charge in [0.1, 0.15) is 11.8 Å². The number of carboxylic acids is 4. The van der Waals surface area contributed by atoms with Gasteiger partial charge >= 0.3 is 23.9 Å². The Morgan fingerprint density at radius 3 is 1.00 bits per heavy atom. The Kier molecular flexibility index (Phi) is 5.81. The largest absolute Gasteiger partial charge is 0.481 e. The fourth-order valence-corrected chi connectivity index (χ4v) is 2.92. The van der Waals surface area contributed by atoms with Crippen molar-refractivity contribution in [2.75, 3.05) is 0 Å². The van der Waals surface area contributed by atoms with Crippen LogP contribution in [0.15, 0.2) is 0 Å². The van der Waals surface area contributed by atoms with Gasteiger partial charge in [-0.1, -0.05) is 0 Å². The van der Waals surface area contributed by atoms with Crippen molar-refractivity contribution in [1.82, 2.24) is 0 Å². The number of hydrogen-bond donors (Lipinski definition) is 4. The van der Waals surface area contributed by atoms with Gasteiger partial charge in [-0.25, -0.2) is 0 Å². The Bertz CT molecular complexity index is 518. The van der Waals surface area contributed by atoms with E-state index in [-0.39, 0.29) is 12.9 Å². The van der Waals surface area contributed by atoms with Crippen molar-refractivity contribution in [2.45, 2.75) is 12.2 Å². The quantitative estimate of drug-likeness (QED) is 0.348. The number of carbonyl (C=O) groups excluding carboxylic acids is 2. The molecule has 1 aliphatic carbocycles. The summed E-state index contributed by atoms with van der Waals surface area (Å²) in [5.74, 6) is -16.3. The molecule has 0 heterocycles. The molecule has 12 heteroatoms. The minimum Gasteiger partial charge on any atom is -0.481 e. The Balaban J connectivity index is 3.63. The van der Waals surface area contributed by atoms with E-state index in [1.54, 1.807) is 0 Å². The molecule has 0 aromatic carbocycles. The molecule has 132 valence electrons. The summed E-state index contributed by atoms with van der Waals surface area (Å²) in [4.78, 5) is 66.8. The number of carboxylic acid groups (broad SMARTS) is 4. The SMILES string of the molecule is O=COC1C(OC=O)C(C(=O)O)C(C(=O)O)C(C(=O)O)C1C(=O)O. The zero-order valence-corrected chi connectivity index (χ0v) is 11.7. The molecule has 0 aromatic rings. The fraction of sp³-hybridized carbons (Fsp3) is 0.500. The first-order valence-corrected chi connectivity index (χ1v) is 6.28. The van der Waals surface area contributed by atoms with Crippen molar-refractivity contribution in [1.29, 1.82) is 0 Å². The highest BCUT2D eigenvalue weighted by atomic mass is 16.6. The van der Waals surface area contributed by atoms with E-state index >= 15 is 0 Å². The molecule has 24 heavy (non-hydrogen) atoms. The zero-order valence-electron chi connectivity index (χ0n) is 11.7. The highest BCUT2D eigenvalue weighted by molar-refractivity contribution is 5.90. The van der Waals surface area contributed by atoms with Crippen LogP contribution in [0.1, 0.15) is 0 Å². The molecule has 0 aromatic heterocycles. The Morgan fingerprint density at radius 1 is 0.583 bits per heavy atom. The van der Waals surface area contributed by atoms with Gasteiger partial charge in [0.15, 0.2) is 12.2 Å². The lowest BCUT2D eigenvalue weighted by Gasteiger charge is -2.43. The Hall–Kier alpha value is -3.18. The van der Waals surface area contributed by atoms with Crippen molar-refractivity contribution in [2.24, 2.45) is 23.7 Å². The van der Waals surface area contributed by atoms with Crippen LogP contribution in [0.4, 0.5) is 0 Å². The first-order chi connectivity index (χ1) is 11.2. The van der Waals surface area contributed by atoms with E-state index in [1.807, 2.05) is 0 Å². The molecule has 6 atom stereocenters. The number of aliphatic carboxylic acids is 4. The van der Waals surface area contributed by atoms with Crippen molar-refractivity contribution < 1.29 is 58.7 Å². The van der Waals surface area contributed by atoms with Crippen LogP contribution < -0.4 is 0 Å². The molecule has 0 amide bonds. The predicted molar refractivity (Wildman–Crippen MR) is 66.4 cm³/mol. The minimum absolute atomic E-state index is 0.277. The van der Waals surface area contributed by atoms with Gasteiger partial charge < -0.3 is 29.9 Å². The maximum absolute atomic E-state index is 11.4. The predicted octanol–water partition coefficient (Wildman–Crippen LogP) is -2.11. The molecule has 0 saturated heterocycles. The normalized spacial score (nSPS) is 32.2. The molecule has 0 radical (unpaired) electrons.